The predicted molar refractivity (Wildman–Crippen MR) is 97.6 cm³/mol. The van der Waals surface area contributed by atoms with Crippen LogP contribution in [0.15, 0.2) is 24.3 Å². The molecule has 1 heterocycles. The van der Waals surface area contributed by atoms with E-state index in [1.807, 2.05) is 0 Å². The molecule has 1 aromatic carbocycles. The molecule has 0 unspecified atom stereocenters. The van der Waals surface area contributed by atoms with E-state index in [1.165, 1.54) is 73.6 Å². The van der Waals surface area contributed by atoms with Crippen molar-refractivity contribution in [2.45, 2.75) is 78.6 Å². The summed E-state index contributed by atoms with van der Waals surface area (Å²) in [6.07, 6.45) is 11.5. The standard InChI is InChI=1S/C21H31N/c1-4-6-8-10-12-20-18(11-9-7-5-2)16-19-15-17(3)13-14-21(19)22-20/h13-16H,4-12H2,1-3H3. The lowest BCUT2D eigenvalue weighted by atomic mass is 9.99. The van der Waals surface area contributed by atoms with Gasteiger partial charge in [-0.2, -0.15) is 0 Å². The minimum absolute atomic E-state index is 1.14. The Balaban J connectivity index is 2.20. The minimum atomic E-state index is 1.14. The molecule has 2 rings (SSSR count). The number of hydrogen-bond donors (Lipinski definition) is 0. The van der Waals surface area contributed by atoms with Crippen molar-refractivity contribution in [2.24, 2.45) is 0 Å². The lowest BCUT2D eigenvalue weighted by Gasteiger charge is -2.11. The van der Waals surface area contributed by atoms with Crippen LogP contribution in [0.25, 0.3) is 10.9 Å². The molecule has 0 radical (unpaired) electrons. The first-order chi connectivity index (χ1) is 10.7. The Labute approximate surface area is 136 Å². The van der Waals surface area contributed by atoms with Crippen molar-refractivity contribution >= 4 is 10.9 Å². The zero-order valence-electron chi connectivity index (χ0n) is 14.6. The Bertz CT molecular complexity index is 586. The molecule has 2 aromatic rings. The fourth-order valence-electron chi connectivity index (χ4n) is 3.10. The molecule has 0 fully saturated rings. The summed E-state index contributed by atoms with van der Waals surface area (Å²) >= 11 is 0. The second-order valence-electron chi connectivity index (χ2n) is 6.56. The van der Waals surface area contributed by atoms with Crippen molar-refractivity contribution in [3.63, 3.8) is 0 Å². The van der Waals surface area contributed by atoms with Crippen LogP contribution in [0.4, 0.5) is 0 Å². The first-order valence-electron chi connectivity index (χ1n) is 9.13. The van der Waals surface area contributed by atoms with Gasteiger partial charge in [0.25, 0.3) is 0 Å². The highest BCUT2D eigenvalue weighted by atomic mass is 14.7. The van der Waals surface area contributed by atoms with Gasteiger partial charge >= 0.3 is 0 Å². The van der Waals surface area contributed by atoms with Crippen LogP contribution in [0.3, 0.4) is 0 Å². The molecule has 0 N–H and O–H groups in total. The van der Waals surface area contributed by atoms with Crippen LogP contribution < -0.4 is 0 Å². The lowest BCUT2D eigenvalue weighted by Crippen LogP contribution is -2.00. The Morgan fingerprint density at radius 1 is 0.818 bits per heavy atom. The van der Waals surface area contributed by atoms with Gasteiger partial charge in [0.1, 0.15) is 0 Å². The summed E-state index contributed by atoms with van der Waals surface area (Å²) in [5, 5.41) is 1.31. The number of benzene rings is 1. The largest absolute Gasteiger partial charge is 0.253 e. The molecule has 1 heteroatoms. The molecule has 0 amide bonds. The summed E-state index contributed by atoms with van der Waals surface area (Å²) < 4.78 is 0. The summed E-state index contributed by atoms with van der Waals surface area (Å²) in [6, 6.07) is 9.02. The summed E-state index contributed by atoms with van der Waals surface area (Å²) in [6.45, 7) is 6.70. The maximum Gasteiger partial charge on any atom is 0.0705 e. The maximum absolute atomic E-state index is 4.99. The molecule has 0 aliphatic heterocycles. The van der Waals surface area contributed by atoms with Gasteiger partial charge in [0.2, 0.25) is 0 Å². The molecule has 22 heavy (non-hydrogen) atoms. The highest BCUT2D eigenvalue weighted by Gasteiger charge is 2.07. The molecule has 120 valence electrons. The number of rotatable bonds is 9. The van der Waals surface area contributed by atoms with Crippen LogP contribution >= 0.6 is 0 Å². The Hall–Kier alpha value is -1.37. The zero-order chi connectivity index (χ0) is 15.8. The van der Waals surface area contributed by atoms with Gasteiger partial charge in [-0.05, 0) is 56.4 Å². The number of hydrogen-bond acceptors (Lipinski definition) is 1. The SMILES string of the molecule is CCCCCCc1nc2ccc(C)cc2cc1CCCCC. The molecule has 0 spiro atoms. The Morgan fingerprint density at radius 2 is 1.55 bits per heavy atom. The van der Waals surface area contributed by atoms with Crippen LogP contribution in [0.1, 0.15) is 75.6 Å². The van der Waals surface area contributed by atoms with Crippen molar-refractivity contribution in [2.75, 3.05) is 0 Å². The Morgan fingerprint density at radius 3 is 2.32 bits per heavy atom. The lowest BCUT2D eigenvalue weighted by molar-refractivity contribution is 0.653. The third-order valence-electron chi connectivity index (χ3n) is 4.46. The van der Waals surface area contributed by atoms with E-state index in [0.29, 0.717) is 0 Å². The summed E-state index contributed by atoms with van der Waals surface area (Å²) in [5.74, 6) is 0. The fourth-order valence-corrected chi connectivity index (χ4v) is 3.10. The summed E-state index contributed by atoms with van der Waals surface area (Å²) in [5.41, 5.74) is 5.33. The molecule has 1 nitrogen and oxygen atoms in total. The zero-order valence-corrected chi connectivity index (χ0v) is 14.6. The second kappa shape index (κ2) is 8.92. The molecular weight excluding hydrogens is 266 g/mol. The highest BCUT2D eigenvalue weighted by molar-refractivity contribution is 5.80. The average Bonchev–Trinajstić information content (AvgIpc) is 2.52. The Kier molecular flexibility index (Phi) is 6.89. The van der Waals surface area contributed by atoms with E-state index in [4.69, 9.17) is 4.98 Å². The van der Waals surface area contributed by atoms with Gasteiger partial charge in [-0.3, -0.25) is 4.98 Å². The topological polar surface area (TPSA) is 12.9 Å². The smallest absolute Gasteiger partial charge is 0.0705 e. The van der Waals surface area contributed by atoms with Crippen LogP contribution in [0.2, 0.25) is 0 Å². The molecule has 0 bridgehead atoms. The average molecular weight is 297 g/mol. The van der Waals surface area contributed by atoms with E-state index in [2.05, 4.69) is 45.0 Å². The van der Waals surface area contributed by atoms with Crippen molar-refractivity contribution in [1.82, 2.24) is 4.98 Å². The molecule has 0 atom stereocenters. The third-order valence-corrected chi connectivity index (χ3v) is 4.46. The van der Waals surface area contributed by atoms with Crippen molar-refractivity contribution in [1.29, 1.82) is 0 Å². The number of aromatic nitrogens is 1. The van der Waals surface area contributed by atoms with E-state index < -0.39 is 0 Å². The number of aryl methyl sites for hydroxylation is 3. The molecule has 1 aromatic heterocycles. The van der Waals surface area contributed by atoms with Gasteiger partial charge < -0.3 is 0 Å². The van der Waals surface area contributed by atoms with Gasteiger partial charge in [-0.1, -0.05) is 57.6 Å². The molecule has 0 saturated carbocycles. The number of nitrogens with zero attached hydrogens (tertiary/aromatic N) is 1. The van der Waals surface area contributed by atoms with E-state index >= 15 is 0 Å². The number of pyridine rings is 1. The first-order valence-corrected chi connectivity index (χ1v) is 9.13. The summed E-state index contributed by atoms with van der Waals surface area (Å²) in [4.78, 5) is 4.99. The fraction of sp³-hybridized carbons (Fsp3) is 0.571. The van der Waals surface area contributed by atoms with Crippen LogP contribution in [0.5, 0.6) is 0 Å². The van der Waals surface area contributed by atoms with E-state index in [9.17, 15) is 0 Å². The highest BCUT2D eigenvalue weighted by Crippen LogP contribution is 2.22. The van der Waals surface area contributed by atoms with Crippen molar-refractivity contribution < 1.29 is 0 Å². The van der Waals surface area contributed by atoms with Gasteiger partial charge in [0.05, 0.1) is 5.52 Å². The van der Waals surface area contributed by atoms with Gasteiger partial charge in [0, 0.05) is 11.1 Å². The van der Waals surface area contributed by atoms with Crippen LogP contribution in [-0.4, -0.2) is 4.98 Å². The van der Waals surface area contributed by atoms with Crippen molar-refractivity contribution in [3.8, 4) is 0 Å². The third kappa shape index (κ3) is 4.83. The van der Waals surface area contributed by atoms with Gasteiger partial charge in [0.15, 0.2) is 0 Å². The molecular formula is C21H31N. The van der Waals surface area contributed by atoms with Crippen LogP contribution in [0, 0.1) is 6.92 Å². The monoisotopic (exact) mass is 297 g/mol. The molecule has 0 aliphatic rings. The number of unbranched alkanes of at least 4 members (excludes halogenated alkanes) is 5. The number of fused-ring (bicyclic) bond motifs is 1. The van der Waals surface area contributed by atoms with Crippen molar-refractivity contribution in [3.05, 3.63) is 41.1 Å². The van der Waals surface area contributed by atoms with Gasteiger partial charge in [-0.25, -0.2) is 0 Å². The second-order valence-corrected chi connectivity index (χ2v) is 6.56. The maximum atomic E-state index is 4.99. The van der Waals surface area contributed by atoms with E-state index in [0.717, 1.165) is 11.9 Å². The molecule has 0 saturated heterocycles. The first kappa shape index (κ1) is 17.0. The molecule has 0 aliphatic carbocycles. The summed E-state index contributed by atoms with van der Waals surface area (Å²) in [7, 11) is 0. The van der Waals surface area contributed by atoms with Gasteiger partial charge in [-0.15, -0.1) is 0 Å². The normalized spacial score (nSPS) is 11.2. The van der Waals surface area contributed by atoms with E-state index in [-0.39, 0.29) is 0 Å². The van der Waals surface area contributed by atoms with Crippen LogP contribution in [-0.2, 0) is 12.8 Å². The minimum Gasteiger partial charge on any atom is -0.253 e. The quantitative estimate of drug-likeness (QED) is 0.488. The predicted octanol–water partition coefficient (Wildman–Crippen LogP) is 6.40. The van der Waals surface area contributed by atoms with E-state index in [1.54, 1.807) is 0 Å².